The van der Waals surface area contributed by atoms with Crippen molar-refractivity contribution in [2.45, 2.75) is 13.1 Å². The summed E-state index contributed by atoms with van der Waals surface area (Å²) in [6, 6.07) is 5.38. The van der Waals surface area contributed by atoms with Gasteiger partial charge in [0.25, 0.3) is 0 Å². The van der Waals surface area contributed by atoms with Crippen molar-refractivity contribution in [1.29, 1.82) is 0 Å². The number of hydrogen-bond acceptors (Lipinski definition) is 4. The zero-order chi connectivity index (χ0) is 14.5. The van der Waals surface area contributed by atoms with E-state index >= 15 is 0 Å². The lowest BCUT2D eigenvalue weighted by atomic mass is 10.2. The predicted octanol–water partition coefficient (Wildman–Crippen LogP) is 1.40. The number of aromatic amines is 2. The van der Waals surface area contributed by atoms with Gasteiger partial charge in [0.15, 0.2) is 0 Å². The van der Waals surface area contributed by atoms with Crippen LogP contribution in [0.15, 0.2) is 23.0 Å². The van der Waals surface area contributed by atoms with Gasteiger partial charge in [0.05, 0.1) is 23.2 Å². The molecule has 3 N–H and O–H groups in total. The highest BCUT2D eigenvalue weighted by molar-refractivity contribution is 6.42. The minimum Gasteiger partial charge on any atom is -0.395 e. The van der Waals surface area contributed by atoms with Crippen LogP contribution in [0.25, 0.3) is 0 Å². The number of benzene rings is 1. The largest absolute Gasteiger partial charge is 0.395 e. The van der Waals surface area contributed by atoms with E-state index in [1.165, 1.54) is 0 Å². The normalized spacial score (nSPS) is 11.2. The quantitative estimate of drug-likeness (QED) is 0.752. The average molecular weight is 317 g/mol. The first kappa shape index (κ1) is 15.1. The molecule has 0 aliphatic carbocycles. The molecular weight excluding hydrogens is 303 g/mol. The fourth-order valence-corrected chi connectivity index (χ4v) is 2.16. The minimum atomic E-state index is -0.349. The van der Waals surface area contributed by atoms with E-state index in [-0.39, 0.29) is 12.3 Å². The van der Waals surface area contributed by atoms with Crippen molar-refractivity contribution in [1.82, 2.24) is 20.1 Å². The highest BCUT2D eigenvalue weighted by Gasteiger charge is 2.10. The van der Waals surface area contributed by atoms with Crippen molar-refractivity contribution >= 4 is 23.2 Å². The lowest BCUT2D eigenvalue weighted by Crippen LogP contribution is -2.26. The lowest BCUT2D eigenvalue weighted by molar-refractivity contribution is 0.181. The highest BCUT2D eigenvalue weighted by Crippen LogP contribution is 2.23. The first-order valence-electron chi connectivity index (χ1n) is 5.99. The third-order valence-electron chi connectivity index (χ3n) is 2.73. The summed E-state index contributed by atoms with van der Waals surface area (Å²) in [5, 5.41) is 16.3. The standard InChI is InChI=1S/C12H14Cl2N4O2/c13-9-2-1-8(5-10(9)14)6-18(3-4-19)7-11-15-12(20)17-16-11/h1-2,5,19H,3-4,6-7H2,(H2,15,16,17,20). The molecule has 6 nitrogen and oxygen atoms in total. The maximum atomic E-state index is 11.0. The monoisotopic (exact) mass is 316 g/mol. The van der Waals surface area contributed by atoms with Crippen molar-refractivity contribution in [3.05, 3.63) is 50.1 Å². The number of H-pyrrole nitrogens is 2. The molecule has 0 unspecified atom stereocenters. The molecule has 0 saturated heterocycles. The fraction of sp³-hybridized carbons (Fsp3) is 0.333. The Labute approximate surface area is 125 Å². The number of nitrogens with zero attached hydrogens (tertiary/aromatic N) is 2. The average Bonchev–Trinajstić information content (AvgIpc) is 2.80. The summed E-state index contributed by atoms with van der Waals surface area (Å²) < 4.78 is 0. The minimum absolute atomic E-state index is 0.00990. The second-order valence-electron chi connectivity index (χ2n) is 4.31. The van der Waals surface area contributed by atoms with Gasteiger partial charge in [0.1, 0.15) is 5.82 Å². The Morgan fingerprint density at radius 3 is 2.65 bits per heavy atom. The Balaban J connectivity index is 2.08. The van der Waals surface area contributed by atoms with Crippen LogP contribution < -0.4 is 5.69 Å². The zero-order valence-electron chi connectivity index (χ0n) is 10.6. The second-order valence-corrected chi connectivity index (χ2v) is 5.12. The number of aliphatic hydroxyl groups excluding tert-OH is 1. The fourth-order valence-electron chi connectivity index (χ4n) is 1.84. The number of nitrogens with one attached hydrogen (secondary N) is 2. The Hall–Kier alpha value is -1.34. The van der Waals surface area contributed by atoms with E-state index in [9.17, 15) is 4.79 Å². The second kappa shape index (κ2) is 6.90. The lowest BCUT2D eigenvalue weighted by Gasteiger charge is -2.20. The number of aliphatic hydroxyl groups is 1. The maximum absolute atomic E-state index is 11.0. The third-order valence-corrected chi connectivity index (χ3v) is 3.47. The van der Waals surface area contributed by atoms with Crippen LogP contribution in [0.5, 0.6) is 0 Å². The molecule has 1 heterocycles. The van der Waals surface area contributed by atoms with E-state index < -0.39 is 0 Å². The molecule has 0 amide bonds. The zero-order valence-corrected chi connectivity index (χ0v) is 12.1. The molecule has 0 fully saturated rings. The van der Waals surface area contributed by atoms with E-state index in [4.69, 9.17) is 28.3 Å². The first-order chi connectivity index (χ1) is 9.58. The van der Waals surface area contributed by atoms with Gasteiger partial charge in [-0.3, -0.25) is 9.88 Å². The Bertz CT molecular complexity index is 626. The van der Waals surface area contributed by atoms with Gasteiger partial charge < -0.3 is 5.11 Å². The predicted molar refractivity (Wildman–Crippen MR) is 76.9 cm³/mol. The van der Waals surface area contributed by atoms with Crippen LogP contribution in [0.4, 0.5) is 0 Å². The van der Waals surface area contributed by atoms with Gasteiger partial charge in [-0.05, 0) is 17.7 Å². The van der Waals surface area contributed by atoms with Crippen LogP contribution in [0.3, 0.4) is 0 Å². The summed E-state index contributed by atoms with van der Waals surface area (Å²) in [5.74, 6) is 0.517. The molecule has 20 heavy (non-hydrogen) atoms. The van der Waals surface area contributed by atoms with Crippen LogP contribution in [0.2, 0.25) is 10.0 Å². The summed E-state index contributed by atoms with van der Waals surface area (Å²) in [5.41, 5.74) is 0.615. The first-order valence-corrected chi connectivity index (χ1v) is 6.75. The van der Waals surface area contributed by atoms with Crippen LogP contribution in [-0.2, 0) is 13.1 Å². The molecule has 2 rings (SSSR count). The molecular formula is C12H14Cl2N4O2. The number of halogens is 2. The number of aromatic nitrogens is 3. The SMILES string of the molecule is O=c1[nH]nc(CN(CCO)Cc2ccc(Cl)c(Cl)c2)[nH]1. The van der Waals surface area contributed by atoms with Gasteiger partial charge in [-0.25, -0.2) is 9.89 Å². The molecule has 0 bridgehead atoms. The Morgan fingerprint density at radius 1 is 1.25 bits per heavy atom. The molecule has 0 spiro atoms. The number of hydrogen-bond donors (Lipinski definition) is 3. The topological polar surface area (TPSA) is 85.0 Å². The van der Waals surface area contributed by atoms with Crippen LogP contribution in [0, 0.1) is 0 Å². The van der Waals surface area contributed by atoms with Gasteiger partial charge in [-0.15, -0.1) is 0 Å². The molecule has 0 aliphatic heterocycles. The molecule has 0 atom stereocenters. The van der Waals surface area contributed by atoms with Crippen molar-refractivity contribution in [2.24, 2.45) is 0 Å². The van der Waals surface area contributed by atoms with E-state index in [0.717, 1.165) is 5.56 Å². The van der Waals surface area contributed by atoms with Crippen LogP contribution >= 0.6 is 23.2 Å². The summed E-state index contributed by atoms with van der Waals surface area (Å²) >= 11 is 11.8. The van der Waals surface area contributed by atoms with Crippen molar-refractivity contribution in [3.8, 4) is 0 Å². The summed E-state index contributed by atoms with van der Waals surface area (Å²) in [6.07, 6.45) is 0. The van der Waals surface area contributed by atoms with Gasteiger partial charge >= 0.3 is 5.69 Å². The van der Waals surface area contributed by atoms with Crippen LogP contribution in [0.1, 0.15) is 11.4 Å². The molecule has 0 aliphatic rings. The molecule has 108 valence electrons. The van der Waals surface area contributed by atoms with Gasteiger partial charge in [-0.1, -0.05) is 29.3 Å². The third kappa shape index (κ3) is 4.08. The van der Waals surface area contributed by atoms with Crippen molar-refractivity contribution in [3.63, 3.8) is 0 Å². The smallest absolute Gasteiger partial charge is 0.340 e. The molecule has 2 aromatic rings. The Morgan fingerprint density at radius 2 is 2.05 bits per heavy atom. The summed E-state index contributed by atoms with van der Waals surface area (Å²) in [7, 11) is 0. The van der Waals surface area contributed by atoms with E-state index in [1.54, 1.807) is 12.1 Å². The number of rotatable bonds is 6. The Kier molecular flexibility index (Phi) is 5.19. The molecule has 0 radical (unpaired) electrons. The van der Waals surface area contributed by atoms with E-state index in [0.29, 0.717) is 35.5 Å². The van der Waals surface area contributed by atoms with Crippen molar-refractivity contribution < 1.29 is 5.11 Å². The molecule has 0 saturated carbocycles. The van der Waals surface area contributed by atoms with E-state index in [2.05, 4.69) is 15.2 Å². The van der Waals surface area contributed by atoms with Crippen molar-refractivity contribution in [2.75, 3.05) is 13.2 Å². The summed E-state index contributed by atoms with van der Waals surface area (Å²) in [6.45, 7) is 1.44. The molecule has 1 aromatic heterocycles. The van der Waals surface area contributed by atoms with Gasteiger partial charge in [0.2, 0.25) is 0 Å². The van der Waals surface area contributed by atoms with E-state index in [1.807, 2.05) is 11.0 Å². The molecule has 8 heteroatoms. The summed E-state index contributed by atoms with van der Waals surface area (Å²) in [4.78, 5) is 15.5. The highest BCUT2D eigenvalue weighted by atomic mass is 35.5. The molecule has 1 aromatic carbocycles. The van der Waals surface area contributed by atoms with Gasteiger partial charge in [-0.2, -0.15) is 5.10 Å². The maximum Gasteiger partial charge on any atom is 0.340 e. The van der Waals surface area contributed by atoms with Gasteiger partial charge in [0, 0.05) is 13.1 Å². The van der Waals surface area contributed by atoms with Crippen LogP contribution in [-0.4, -0.2) is 38.3 Å².